The summed E-state index contributed by atoms with van der Waals surface area (Å²) in [5.74, 6) is 0.466. The van der Waals surface area contributed by atoms with Crippen LogP contribution in [0.15, 0.2) is 0 Å². The Bertz CT molecular complexity index is 215. The number of rotatable bonds is 0. The van der Waals surface area contributed by atoms with E-state index in [1.54, 1.807) is 0 Å². The summed E-state index contributed by atoms with van der Waals surface area (Å²) >= 11 is 9.41. The molecule has 1 rings (SSSR count). The molecule has 0 N–H and O–H groups in total. The number of Topliss-reactive ketones (excluding diaryl/α,β-unsaturated/α-hetero) is 1. The van der Waals surface area contributed by atoms with Crippen molar-refractivity contribution in [2.75, 3.05) is 5.75 Å². The van der Waals surface area contributed by atoms with Gasteiger partial charge in [-0.05, 0) is 0 Å². The smallest absolute Gasteiger partial charge is 0.268 e. The van der Waals surface area contributed by atoms with Crippen LogP contribution in [0.5, 0.6) is 0 Å². The summed E-state index contributed by atoms with van der Waals surface area (Å²) in [4.78, 5) is 20.4. The Morgan fingerprint density at radius 1 is 1.25 bits per heavy atom. The Balaban J connectivity index is 0.000000217. The first-order valence-electron chi connectivity index (χ1n) is 2.65. The van der Waals surface area contributed by atoms with E-state index in [0.717, 1.165) is 11.8 Å². The Morgan fingerprint density at radius 2 is 1.67 bits per heavy atom. The predicted octanol–water partition coefficient (Wildman–Crippen LogP) is 3.50. The molecule has 12 heavy (non-hydrogen) atoms. The van der Waals surface area contributed by atoms with Crippen LogP contribution in [0.3, 0.4) is 0 Å². The van der Waals surface area contributed by atoms with Crippen LogP contribution in [0.2, 0.25) is 0 Å². The van der Waals surface area contributed by atoms with Gasteiger partial charge in [-0.1, -0.05) is 11.8 Å². The lowest BCUT2D eigenvalue weighted by Crippen LogP contribution is -1.91. The molecule has 0 atom stereocenters. The van der Waals surface area contributed by atoms with Gasteiger partial charge < -0.3 is 0 Å². The highest BCUT2D eigenvalue weighted by Crippen LogP contribution is 2.68. The second kappa shape index (κ2) is 5.96. The number of carbonyl (C=O) groups is 2. The molecule has 0 saturated carbocycles. The van der Waals surface area contributed by atoms with Crippen molar-refractivity contribution in [3.63, 3.8) is 0 Å². The molecule has 3 nitrogen and oxygen atoms in total. The average molecular weight is 403 g/mol. The second-order valence-electron chi connectivity index (χ2n) is 1.77. The molecule has 0 aliphatic carbocycles. The number of ketones is 1. The number of thioether (sulfide) groups is 1. The molecule has 1 heterocycles. The van der Waals surface area contributed by atoms with E-state index < -0.39 is 3.25 Å². The minimum Gasteiger partial charge on any atom is -0.298 e. The fourth-order valence-electron chi connectivity index (χ4n) is 0.424. The van der Waals surface area contributed by atoms with Crippen molar-refractivity contribution in [1.82, 2.24) is 0 Å². The van der Waals surface area contributed by atoms with Crippen molar-refractivity contribution in [3.8, 4) is 0 Å². The highest BCUT2D eigenvalue weighted by molar-refractivity contribution is 9.94. The van der Waals surface area contributed by atoms with Crippen LogP contribution < -0.4 is 0 Å². The Kier molecular flexibility index (Phi) is 6.63. The highest BCUT2D eigenvalue weighted by atomic mass is 80.0. The molecule has 0 aromatic rings. The van der Waals surface area contributed by atoms with Crippen LogP contribution in [0.1, 0.15) is 6.42 Å². The predicted molar refractivity (Wildman–Crippen MR) is 61.5 cm³/mol. The highest BCUT2D eigenvalue weighted by Gasteiger charge is 2.18. The Hall–Kier alpha value is 1.36. The van der Waals surface area contributed by atoms with Gasteiger partial charge in [0.05, 0.1) is 12.2 Å². The number of hydrogen-bond donors (Lipinski definition) is 0. The minimum absolute atomic E-state index is 0.0185. The summed E-state index contributed by atoms with van der Waals surface area (Å²) in [5, 5.41) is 0.0185. The molecule has 1 aliphatic heterocycles. The van der Waals surface area contributed by atoms with E-state index in [1.165, 1.54) is 0 Å². The second-order valence-corrected chi connectivity index (χ2v) is 21.2. The zero-order chi connectivity index (χ0) is 9.78. The van der Waals surface area contributed by atoms with Gasteiger partial charge in [-0.2, -0.15) is 0 Å². The molecule has 0 spiro atoms. The van der Waals surface area contributed by atoms with Crippen molar-refractivity contribution < 1.29 is 14.2 Å². The summed E-state index contributed by atoms with van der Waals surface area (Å²) in [6.45, 7) is 0. The Labute approximate surface area is 98.0 Å². The van der Waals surface area contributed by atoms with E-state index in [-0.39, 0.29) is 17.3 Å². The quantitative estimate of drug-likeness (QED) is 0.459. The standard InChI is InChI=1S/C4H4O2S.Br3OP/c5-3-1-4(6)7-2-3;1-5(2,3)4/h1-2H2;. The van der Waals surface area contributed by atoms with Crippen LogP contribution in [0.4, 0.5) is 0 Å². The Morgan fingerprint density at radius 3 is 1.75 bits per heavy atom. The van der Waals surface area contributed by atoms with E-state index in [9.17, 15) is 14.2 Å². The van der Waals surface area contributed by atoms with Gasteiger partial charge in [-0.25, -0.2) is 0 Å². The summed E-state index contributed by atoms with van der Waals surface area (Å²) < 4.78 is 7.76. The number of carbonyl (C=O) groups excluding carboxylic acids is 2. The SMILES string of the molecule is O=C1CSC(=O)C1.O=P(Br)(Br)Br. The third-order valence-corrected chi connectivity index (χ3v) is 1.67. The molecule has 0 unspecified atom stereocenters. The lowest BCUT2D eigenvalue weighted by molar-refractivity contribution is -0.120. The van der Waals surface area contributed by atoms with Crippen LogP contribution in [0, 0.1) is 0 Å². The molecule has 8 heteroatoms. The fraction of sp³-hybridized carbons (Fsp3) is 0.500. The van der Waals surface area contributed by atoms with E-state index in [2.05, 4.69) is 46.5 Å². The van der Waals surface area contributed by atoms with Crippen molar-refractivity contribution in [2.24, 2.45) is 0 Å². The number of halogens is 3. The van der Waals surface area contributed by atoms with Crippen molar-refractivity contribution >= 4 is 72.4 Å². The van der Waals surface area contributed by atoms with Crippen LogP contribution in [0.25, 0.3) is 0 Å². The lowest BCUT2D eigenvalue weighted by Gasteiger charge is -1.76. The third kappa shape index (κ3) is 11.4. The van der Waals surface area contributed by atoms with Gasteiger partial charge in [0.1, 0.15) is 0 Å². The van der Waals surface area contributed by atoms with Gasteiger partial charge in [-0.3, -0.25) is 14.2 Å². The fourth-order valence-corrected chi connectivity index (χ4v) is 1.11. The van der Waals surface area contributed by atoms with E-state index >= 15 is 0 Å². The van der Waals surface area contributed by atoms with Gasteiger partial charge in [0.2, 0.25) is 0 Å². The summed E-state index contributed by atoms with van der Waals surface area (Å²) in [5.41, 5.74) is 0. The maximum absolute atomic E-state index is 10.2. The van der Waals surface area contributed by atoms with Crippen LogP contribution in [-0.4, -0.2) is 16.7 Å². The summed E-state index contributed by atoms with van der Waals surface area (Å²) in [6, 6.07) is 0. The van der Waals surface area contributed by atoms with Crippen molar-refractivity contribution in [1.29, 1.82) is 0 Å². The van der Waals surface area contributed by atoms with Gasteiger partial charge in [0.25, 0.3) is 3.25 Å². The molecular formula is C4H4Br3O3PS. The van der Waals surface area contributed by atoms with Crippen LogP contribution in [-0.2, 0) is 14.2 Å². The molecular weight excluding hydrogens is 399 g/mol. The summed E-state index contributed by atoms with van der Waals surface area (Å²) in [6.07, 6.45) is 0.157. The lowest BCUT2D eigenvalue weighted by atomic mass is 10.3. The van der Waals surface area contributed by atoms with Gasteiger partial charge in [-0.15, -0.1) is 0 Å². The molecule has 0 aromatic heterocycles. The maximum Gasteiger partial charge on any atom is 0.268 e. The van der Waals surface area contributed by atoms with Gasteiger partial charge in [0, 0.05) is 46.5 Å². The first-order valence-corrected chi connectivity index (χ1v) is 11.4. The zero-order valence-corrected chi connectivity index (χ0v) is 12.1. The van der Waals surface area contributed by atoms with E-state index in [4.69, 9.17) is 0 Å². The number of hydrogen-bond acceptors (Lipinski definition) is 4. The molecule has 70 valence electrons. The molecule has 0 bridgehead atoms. The molecule has 0 radical (unpaired) electrons. The average Bonchev–Trinajstić information content (AvgIpc) is 2.09. The van der Waals surface area contributed by atoms with E-state index in [1.807, 2.05) is 0 Å². The molecule has 1 saturated heterocycles. The topological polar surface area (TPSA) is 51.2 Å². The molecule has 1 aliphatic rings. The van der Waals surface area contributed by atoms with Crippen molar-refractivity contribution in [2.45, 2.75) is 6.42 Å². The maximum atomic E-state index is 10.2. The minimum atomic E-state index is -2.20. The normalized spacial score (nSPS) is 17.2. The largest absolute Gasteiger partial charge is 0.298 e. The zero-order valence-electron chi connectivity index (χ0n) is 5.63. The van der Waals surface area contributed by atoms with E-state index in [0.29, 0.717) is 5.75 Å². The molecule has 0 aromatic carbocycles. The first-order chi connectivity index (χ1) is 5.29. The van der Waals surface area contributed by atoms with Crippen LogP contribution >= 0.6 is 61.5 Å². The molecule has 1 fully saturated rings. The monoisotopic (exact) mass is 400 g/mol. The summed E-state index contributed by atoms with van der Waals surface area (Å²) in [7, 11) is 0. The third-order valence-electron chi connectivity index (χ3n) is 0.736. The first kappa shape index (κ1) is 13.4. The van der Waals surface area contributed by atoms with Crippen molar-refractivity contribution in [3.05, 3.63) is 0 Å². The van der Waals surface area contributed by atoms with Gasteiger partial charge >= 0.3 is 0 Å². The van der Waals surface area contributed by atoms with Gasteiger partial charge in [0.15, 0.2) is 10.9 Å². The molecule has 0 amide bonds.